The van der Waals surface area contributed by atoms with Crippen LogP contribution in [0.5, 0.6) is 0 Å². The first-order valence-corrected chi connectivity index (χ1v) is 5.23. The summed E-state index contributed by atoms with van der Waals surface area (Å²) in [6, 6.07) is 0. The third-order valence-corrected chi connectivity index (χ3v) is 2.59. The van der Waals surface area contributed by atoms with Crippen molar-refractivity contribution in [2.45, 2.75) is 18.4 Å². The first-order valence-electron chi connectivity index (χ1n) is 4.85. The molecule has 18 heavy (non-hydrogen) atoms. The van der Waals surface area contributed by atoms with Gasteiger partial charge in [-0.15, -0.1) is 0 Å². The maximum atomic E-state index is 11.9. The normalized spacial score (nSPS) is 27.4. The molecule has 8 nitrogen and oxygen atoms in total. The summed E-state index contributed by atoms with van der Waals surface area (Å²) in [6.45, 7) is 0.972. The molecule has 1 radical (unpaired) electrons. The predicted octanol–water partition coefficient (Wildman–Crippen LogP) is -1.59. The Labute approximate surface area is 106 Å². The van der Waals surface area contributed by atoms with Crippen molar-refractivity contribution in [3.63, 3.8) is 0 Å². The third-order valence-electron chi connectivity index (χ3n) is 2.41. The molecule has 0 unspecified atom stereocenters. The number of aromatic nitrogens is 2. The van der Waals surface area contributed by atoms with Gasteiger partial charge in [0.1, 0.15) is 24.0 Å². The Morgan fingerprint density at radius 3 is 2.72 bits per heavy atom. The summed E-state index contributed by atoms with van der Waals surface area (Å²) >= 11 is 5.64. The number of ether oxygens (including phenoxy) is 1. The highest BCUT2D eigenvalue weighted by molar-refractivity contribution is 6.29. The van der Waals surface area contributed by atoms with Gasteiger partial charge < -0.3 is 20.7 Å². The van der Waals surface area contributed by atoms with Gasteiger partial charge in [-0.05, 0) is 0 Å². The number of halogens is 1. The fourth-order valence-electron chi connectivity index (χ4n) is 1.55. The zero-order valence-electron chi connectivity index (χ0n) is 8.86. The van der Waals surface area contributed by atoms with Crippen molar-refractivity contribution < 1.29 is 19.7 Å². The fourth-order valence-corrected chi connectivity index (χ4v) is 1.74. The monoisotopic (exact) mass is 274 g/mol. The fraction of sp³-hybridized carbons (Fsp3) is 0.333. The highest BCUT2D eigenvalue weighted by Gasteiger charge is 2.37. The number of nitrogens with two attached hydrogens (primary N) is 1. The van der Waals surface area contributed by atoms with Gasteiger partial charge in [0.25, 0.3) is 11.5 Å². The number of aliphatic hydroxyl groups excluding tert-OH is 2. The topological polar surface area (TPSA) is 128 Å². The molecule has 2 rings (SSSR count). The highest BCUT2D eigenvalue weighted by atomic mass is 35.5. The maximum Gasteiger partial charge on any atom is 0.284 e. The van der Waals surface area contributed by atoms with E-state index < -0.39 is 35.6 Å². The predicted molar refractivity (Wildman–Crippen MR) is 58.5 cm³/mol. The van der Waals surface area contributed by atoms with Crippen molar-refractivity contribution in [3.8, 4) is 0 Å². The minimum Gasteiger partial charge on any atom is -0.387 e. The standard InChI is InChI=1S/C9H9ClN3O5/c10-4-1-13(8(17)5(12-4)7(11)16)9-6(15)3(14)2-18-9/h1-3,6,9,14-15H,(H2,11,16)/t3-,6+,9+/m0/s1. The minimum absolute atomic E-state index is 0.166. The molecule has 1 aliphatic rings. The third kappa shape index (κ3) is 2.10. The summed E-state index contributed by atoms with van der Waals surface area (Å²) < 4.78 is 5.79. The van der Waals surface area contributed by atoms with Gasteiger partial charge in [0.05, 0.1) is 0 Å². The van der Waals surface area contributed by atoms with E-state index in [9.17, 15) is 19.8 Å². The van der Waals surface area contributed by atoms with Gasteiger partial charge in [0.15, 0.2) is 11.9 Å². The van der Waals surface area contributed by atoms with Crippen molar-refractivity contribution in [3.05, 3.63) is 34.0 Å². The molecule has 0 aromatic carbocycles. The molecule has 0 bridgehead atoms. The molecule has 0 spiro atoms. The highest BCUT2D eigenvalue weighted by Crippen LogP contribution is 2.26. The largest absolute Gasteiger partial charge is 0.387 e. The van der Waals surface area contributed by atoms with Gasteiger partial charge in [0, 0.05) is 6.20 Å². The smallest absolute Gasteiger partial charge is 0.284 e. The second kappa shape index (κ2) is 4.65. The van der Waals surface area contributed by atoms with E-state index in [0.717, 1.165) is 17.4 Å². The molecule has 1 fully saturated rings. The first kappa shape index (κ1) is 13.0. The minimum atomic E-state index is -1.36. The molecule has 1 saturated heterocycles. The number of nitrogens with zero attached hydrogens (tertiary/aromatic N) is 2. The quantitative estimate of drug-likeness (QED) is 0.596. The summed E-state index contributed by atoms with van der Waals surface area (Å²) in [5.74, 6) is -1.05. The van der Waals surface area contributed by atoms with Crippen LogP contribution in [0.4, 0.5) is 0 Å². The van der Waals surface area contributed by atoms with Crippen LogP contribution >= 0.6 is 11.6 Å². The summed E-state index contributed by atoms with van der Waals surface area (Å²) in [6.07, 6.45) is -2.71. The molecule has 2 heterocycles. The molecule has 0 saturated carbocycles. The lowest BCUT2D eigenvalue weighted by atomic mass is 10.2. The van der Waals surface area contributed by atoms with E-state index in [2.05, 4.69) is 4.98 Å². The molecule has 97 valence electrons. The second-order valence-corrected chi connectivity index (χ2v) is 4.02. The number of hydrogen-bond acceptors (Lipinski definition) is 6. The zero-order valence-corrected chi connectivity index (χ0v) is 9.61. The van der Waals surface area contributed by atoms with Gasteiger partial charge in [-0.25, -0.2) is 4.98 Å². The molecule has 4 N–H and O–H groups in total. The van der Waals surface area contributed by atoms with Crippen molar-refractivity contribution in [1.82, 2.24) is 9.55 Å². The molecule has 3 atom stereocenters. The van der Waals surface area contributed by atoms with Gasteiger partial charge in [0.2, 0.25) is 0 Å². The van der Waals surface area contributed by atoms with E-state index in [4.69, 9.17) is 22.1 Å². The van der Waals surface area contributed by atoms with Crippen LogP contribution in [0, 0.1) is 6.61 Å². The molecular weight excluding hydrogens is 266 g/mol. The molecular formula is C9H9ClN3O5. The SMILES string of the molecule is NC(=O)c1nc(Cl)cn([C@@H]2O[CH][C@H](O)[C@H]2O)c1=O. The van der Waals surface area contributed by atoms with E-state index in [1.165, 1.54) is 0 Å². The van der Waals surface area contributed by atoms with Gasteiger partial charge in [-0.3, -0.25) is 14.2 Å². The zero-order chi connectivity index (χ0) is 13.4. The molecule has 1 aliphatic heterocycles. The summed E-state index contributed by atoms with van der Waals surface area (Å²) in [5, 5.41) is 18.7. The Morgan fingerprint density at radius 2 is 2.22 bits per heavy atom. The second-order valence-electron chi connectivity index (χ2n) is 3.63. The Kier molecular flexibility index (Phi) is 3.35. The number of rotatable bonds is 2. The molecule has 1 aromatic heterocycles. The number of carbonyl (C=O) groups is 1. The van der Waals surface area contributed by atoms with E-state index in [-0.39, 0.29) is 5.15 Å². The lowest BCUT2D eigenvalue weighted by Gasteiger charge is -2.17. The van der Waals surface area contributed by atoms with Crippen LogP contribution in [-0.4, -0.2) is 37.9 Å². The summed E-state index contributed by atoms with van der Waals surface area (Å²) in [4.78, 5) is 26.4. The van der Waals surface area contributed by atoms with Crippen LogP contribution in [-0.2, 0) is 4.74 Å². The van der Waals surface area contributed by atoms with Crippen LogP contribution in [0.3, 0.4) is 0 Å². The lowest BCUT2D eigenvalue weighted by molar-refractivity contribution is -0.0163. The first-order chi connectivity index (χ1) is 8.41. The summed E-state index contributed by atoms with van der Waals surface area (Å²) in [7, 11) is 0. The number of amides is 1. The van der Waals surface area contributed by atoms with Crippen LogP contribution in [0.15, 0.2) is 11.0 Å². The van der Waals surface area contributed by atoms with E-state index >= 15 is 0 Å². The average molecular weight is 275 g/mol. The molecule has 1 amide bonds. The van der Waals surface area contributed by atoms with E-state index in [1.807, 2.05) is 0 Å². The number of primary amides is 1. The van der Waals surface area contributed by atoms with Gasteiger partial charge in [-0.1, -0.05) is 11.6 Å². The molecule has 1 aromatic rings. The van der Waals surface area contributed by atoms with Crippen molar-refractivity contribution >= 4 is 17.5 Å². The average Bonchev–Trinajstić information content (AvgIpc) is 2.62. The Balaban J connectivity index is 2.52. The van der Waals surface area contributed by atoms with E-state index in [0.29, 0.717) is 0 Å². The molecule has 9 heteroatoms. The van der Waals surface area contributed by atoms with Crippen molar-refractivity contribution in [1.29, 1.82) is 0 Å². The molecule has 0 aliphatic carbocycles. The maximum absolute atomic E-state index is 11.9. The summed E-state index contributed by atoms with van der Waals surface area (Å²) in [5.41, 5.74) is 3.55. The van der Waals surface area contributed by atoms with Gasteiger partial charge >= 0.3 is 0 Å². The van der Waals surface area contributed by atoms with Crippen LogP contribution < -0.4 is 11.3 Å². The van der Waals surface area contributed by atoms with Crippen LogP contribution in [0.2, 0.25) is 5.15 Å². The van der Waals surface area contributed by atoms with Gasteiger partial charge in [-0.2, -0.15) is 0 Å². The van der Waals surface area contributed by atoms with Crippen LogP contribution in [0.1, 0.15) is 16.7 Å². The lowest BCUT2D eigenvalue weighted by Crippen LogP contribution is -2.37. The number of aliphatic hydroxyl groups is 2. The Hall–Kier alpha value is -1.48. The van der Waals surface area contributed by atoms with Crippen molar-refractivity contribution in [2.75, 3.05) is 0 Å². The van der Waals surface area contributed by atoms with Crippen molar-refractivity contribution in [2.24, 2.45) is 5.73 Å². The number of carbonyl (C=O) groups excluding carboxylic acids is 1. The van der Waals surface area contributed by atoms with E-state index in [1.54, 1.807) is 0 Å². The number of hydrogen-bond donors (Lipinski definition) is 3. The Bertz CT molecular complexity index is 545. The Morgan fingerprint density at radius 1 is 1.56 bits per heavy atom. The van der Waals surface area contributed by atoms with Crippen LogP contribution in [0.25, 0.3) is 0 Å².